The smallest absolute Gasteiger partial charge is 0.317 e. The lowest BCUT2D eigenvalue weighted by atomic mass is 9.87. The van der Waals surface area contributed by atoms with Gasteiger partial charge in [0.05, 0.1) is 17.6 Å². The van der Waals surface area contributed by atoms with Crippen molar-refractivity contribution in [3.63, 3.8) is 0 Å². The molecule has 0 spiro atoms. The molecule has 1 aromatic heterocycles. The van der Waals surface area contributed by atoms with E-state index < -0.39 is 16.9 Å². The van der Waals surface area contributed by atoms with Gasteiger partial charge in [0.2, 0.25) is 0 Å². The van der Waals surface area contributed by atoms with Gasteiger partial charge in [0, 0.05) is 13.1 Å². The molecule has 28 heavy (non-hydrogen) atoms. The Morgan fingerprint density at radius 2 is 2.00 bits per heavy atom. The third-order valence-electron chi connectivity index (χ3n) is 6.03. The van der Waals surface area contributed by atoms with Crippen LogP contribution in [0.3, 0.4) is 0 Å². The van der Waals surface area contributed by atoms with E-state index in [1.807, 2.05) is 32.1 Å². The lowest BCUT2D eigenvalue weighted by molar-refractivity contribution is -0.133. The van der Waals surface area contributed by atoms with Gasteiger partial charge in [0.25, 0.3) is 0 Å². The monoisotopic (exact) mass is 384 g/mol. The van der Waals surface area contributed by atoms with Crippen molar-refractivity contribution < 1.29 is 9.47 Å². The molecule has 0 amide bonds. The largest absolute Gasteiger partial charge is 0.347 e. The molecule has 0 saturated carbocycles. The van der Waals surface area contributed by atoms with Gasteiger partial charge in [-0.2, -0.15) is 0 Å². The molecule has 2 aromatic rings. The molecule has 0 N–H and O–H groups in total. The molecule has 1 saturated heterocycles. The maximum absolute atomic E-state index is 12.8. The SMILES string of the molecule is Cc1cc2c3c(c1C)C(C)CCn3c(=O)c(=O)n2C/C=C\C1COC(C)(C)O1. The average Bonchev–Trinajstić information content (AvgIpc) is 2.99. The quantitative estimate of drug-likeness (QED) is 0.603. The Hall–Kier alpha value is -2.18. The Morgan fingerprint density at radius 1 is 1.25 bits per heavy atom. The highest BCUT2D eigenvalue weighted by Crippen LogP contribution is 2.35. The predicted molar refractivity (Wildman–Crippen MR) is 109 cm³/mol. The fourth-order valence-corrected chi connectivity index (χ4v) is 4.43. The van der Waals surface area contributed by atoms with E-state index in [0.717, 1.165) is 23.0 Å². The lowest BCUT2D eigenvalue weighted by Gasteiger charge is -2.28. The van der Waals surface area contributed by atoms with Crippen molar-refractivity contribution in [1.82, 2.24) is 9.13 Å². The van der Waals surface area contributed by atoms with Gasteiger partial charge < -0.3 is 14.0 Å². The number of allylic oxidation sites excluding steroid dienone is 1. The topological polar surface area (TPSA) is 62.5 Å². The van der Waals surface area contributed by atoms with Crippen LogP contribution in [-0.4, -0.2) is 27.6 Å². The summed E-state index contributed by atoms with van der Waals surface area (Å²) in [6, 6.07) is 2.04. The molecule has 0 bridgehead atoms. The fraction of sp³-hybridized carbons (Fsp3) is 0.545. The zero-order valence-electron chi connectivity index (χ0n) is 17.2. The Labute approximate surface area is 164 Å². The molecular weight excluding hydrogens is 356 g/mol. The van der Waals surface area contributed by atoms with Crippen LogP contribution in [0.5, 0.6) is 0 Å². The zero-order valence-corrected chi connectivity index (χ0v) is 17.2. The van der Waals surface area contributed by atoms with Gasteiger partial charge in [0.15, 0.2) is 5.79 Å². The summed E-state index contributed by atoms with van der Waals surface area (Å²) in [5.41, 5.74) is 4.42. The third-order valence-corrected chi connectivity index (χ3v) is 6.03. The van der Waals surface area contributed by atoms with Crippen LogP contribution in [0.15, 0.2) is 27.8 Å². The van der Waals surface area contributed by atoms with Crippen molar-refractivity contribution in [3.8, 4) is 0 Å². The van der Waals surface area contributed by atoms with Gasteiger partial charge in [0.1, 0.15) is 6.10 Å². The number of hydrogen-bond donors (Lipinski definition) is 0. The van der Waals surface area contributed by atoms with Crippen molar-refractivity contribution in [2.24, 2.45) is 0 Å². The van der Waals surface area contributed by atoms with E-state index in [-0.39, 0.29) is 6.10 Å². The summed E-state index contributed by atoms with van der Waals surface area (Å²) < 4.78 is 14.6. The molecule has 0 radical (unpaired) electrons. The van der Waals surface area contributed by atoms with Crippen LogP contribution in [0.1, 0.15) is 49.8 Å². The highest BCUT2D eigenvalue weighted by molar-refractivity contribution is 5.83. The second-order valence-corrected chi connectivity index (χ2v) is 8.46. The standard InChI is InChI=1S/C22H28N2O4/c1-13-8-10-24-19-17(11-14(2)15(3)18(13)19)23(20(25)21(24)26)9-6-7-16-12-27-22(4,5)28-16/h6-7,11,13,16H,8-10,12H2,1-5H3/b7-6-. The van der Waals surface area contributed by atoms with Crippen LogP contribution >= 0.6 is 0 Å². The molecule has 150 valence electrons. The van der Waals surface area contributed by atoms with Crippen molar-refractivity contribution >= 4 is 11.0 Å². The number of hydrogen-bond acceptors (Lipinski definition) is 4. The molecule has 2 unspecified atom stereocenters. The normalized spacial score (nSPS) is 23.8. The number of nitrogens with zero attached hydrogens (tertiary/aromatic N) is 2. The molecule has 3 heterocycles. The molecule has 1 aromatic carbocycles. The molecule has 1 fully saturated rings. The van der Waals surface area contributed by atoms with Crippen LogP contribution in [0.4, 0.5) is 0 Å². The highest BCUT2D eigenvalue weighted by Gasteiger charge is 2.31. The first-order valence-electron chi connectivity index (χ1n) is 9.95. The molecule has 4 rings (SSSR count). The third kappa shape index (κ3) is 3.05. The molecule has 2 atom stereocenters. The Kier molecular flexibility index (Phi) is 4.59. The molecule has 2 aliphatic heterocycles. The number of rotatable bonds is 3. The minimum atomic E-state index is -0.588. The Bertz CT molecular complexity index is 1090. The summed E-state index contributed by atoms with van der Waals surface area (Å²) in [4.78, 5) is 25.6. The van der Waals surface area contributed by atoms with E-state index in [1.54, 1.807) is 9.13 Å². The van der Waals surface area contributed by atoms with E-state index in [9.17, 15) is 9.59 Å². The van der Waals surface area contributed by atoms with Crippen LogP contribution < -0.4 is 11.1 Å². The van der Waals surface area contributed by atoms with Gasteiger partial charge >= 0.3 is 11.1 Å². The van der Waals surface area contributed by atoms with E-state index in [1.165, 1.54) is 11.1 Å². The van der Waals surface area contributed by atoms with Gasteiger partial charge in [-0.25, -0.2) is 0 Å². The molecule has 6 heteroatoms. The van der Waals surface area contributed by atoms with Crippen LogP contribution in [-0.2, 0) is 22.6 Å². The lowest BCUT2D eigenvalue weighted by Crippen LogP contribution is -2.43. The summed E-state index contributed by atoms with van der Waals surface area (Å²) in [6.45, 7) is 11.6. The fourth-order valence-electron chi connectivity index (χ4n) is 4.43. The van der Waals surface area contributed by atoms with Crippen LogP contribution in [0.2, 0.25) is 0 Å². The highest BCUT2D eigenvalue weighted by atomic mass is 16.7. The van der Waals surface area contributed by atoms with Crippen molar-refractivity contribution in [2.45, 2.75) is 71.9 Å². The van der Waals surface area contributed by atoms with Crippen LogP contribution in [0.25, 0.3) is 11.0 Å². The first-order chi connectivity index (χ1) is 13.2. The number of ether oxygens (including phenoxy) is 2. The maximum atomic E-state index is 12.8. The van der Waals surface area contributed by atoms with Crippen molar-refractivity contribution in [1.29, 1.82) is 0 Å². The minimum absolute atomic E-state index is 0.143. The summed E-state index contributed by atoms with van der Waals surface area (Å²) >= 11 is 0. The zero-order chi connectivity index (χ0) is 20.2. The van der Waals surface area contributed by atoms with E-state index in [2.05, 4.69) is 20.8 Å². The van der Waals surface area contributed by atoms with E-state index >= 15 is 0 Å². The number of aryl methyl sites for hydroxylation is 2. The van der Waals surface area contributed by atoms with Gasteiger partial charge in [-0.15, -0.1) is 0 Å². The Balaban J connectivity index is 1.82. The van der Waals surface area contributed by atoms with Gasteiger partial charge in [-0.3, -0.25) is 14.2 Å². The van der Waals surface area contributed by atoms with E-state index in [4.69, 9.17) is 9.47 Å². The first kappa shape index (κ1) is 19.2. The predicted octanol–water partition coefficient (Wildman–Crippen LogP) is 2.99. The van der Waals surface area contributed by atoms with Gasteiger partial charge in [-0.1, -0.05) is 19.1 Å². The molecule has 2 aliphatic rings. The number of benzene rings is 1. The second kappa shape index (κ2) is 6.71. The average molecular weight is 384 g/mol. The van der Waals surface area contributed by atoms with Crippen molar-refractivity contribution in [2.75, 3.05) is 6.61 Å². The van der Waals surface area contributed by atoms with E-state index in [0.29, 0.717) is 25.6 Å². The summed E-state index contributed by atoms with van der Waals surface area (Å²) in [6.07, 6.45) is 4.54. The molecular formula is C22H28N2O4. The maximum Gasteiger partial charge on any atom is 0.317 e. The summed E-state index contributed by atoms with van der Waals surface area (Å²) in [5.74, 6) is -0.218. The van der Waals surface area contributed by atoms with Gasteiger partial charge in [-0.05, 0) is 62.8 Å². The van der Waals surface area contributed by atoms with Crippen molar-refractivity contribution in [3.05, 3.63) is 55.6 Å². The first-order valence-corrected chi connectivity index (χ1v) is 9.95. The molecule has 0 aliphatic carbocycles. The summed E-state index contributed by atoms with van der Waals surface area (Å²) in [7, 11) is 0. The summed E-state index contributed by atoms with van der Waals surface area (Å²) in [5, 5.41) is 0. The number of aromatic nitrogens is 2. The second-order valence-electron chi connectivity index (χ2n) is 8.46. The minimum Gasteiger partial charge on any atom is -0.347 e. The van der Waals surface area contributed by atoms with Crippen LogP contribution in [0, 0.1) is 13.8 Å². The molecule has 6 nitrogen and oxygen atoms in total. The Morgan fingerprint density at radius 3 is 2.68 bits per heavy atom.